The number of nitriles is 1. The summed E-state index contributed by atoms with van der Waals surface area (Å²) in [6, 6.07) is 40.5. The highest BCUT2D eigenvalue weighted by molar-refractivity contribution is 7.73. The molecule has 212 valence electrons. The average molecular weight is 570 g/mol. The molecule has 0 N–H and O–H groups in total. The maximum absolute atomic E-state index is 9.09. The SMILES string of the molecule is COc1cccc(CCCC#N)c1C1CCC(C)(CCP(c2ccc3ccccc3c2)c2ccc3ccccc3c2)C1. The minimum atomic E-state index is -0.495. The molecule has 0 radical (unpaired) electrons. The molecule has 42 heavy (non-hydrogen) atoms. The Balaban J connectivity index is 1.27. The fourth-order valence-electron chi connectivity index (χ4n) is 7.08. The summed E-state index contributed by atoms with van der Waals surface area (Å²) in [7, 11) is 1.30. The maximum Gasteiger partial charge on any atom is 0.122 e. The third-order valence-electron chi connectivity index (χ3n) is 9.38. The molecule has 0 aromatic heterocycles. The second-order valence-corrected chi connectivity index (χ2v) is 14.6. The lowest BCUT2D eigenvalue weighted by Crippen LogP contribution is -2.20. The minimum Gasteiger partial charge on any atom is -0.496 e. The van der Waals surface area contributed by atoms with Crippen molar-refractivity contribution in [2.24, 2.45) is 5.41 Å². The first-order valence-electron chi connectivity index (χ1n) is 15.3. The fourth-order valence-corrected chi connectivity index (χ4v) is 9.76. The predicted octanol–water partition coefficient (Wildman–Crippen LogP) is 9.64. The Morgan fingerprint density at radius 2 is 1.48 bits per heavy atom. The smallest absolute Gasteiger partial charge is 0.122 e. The van der Waals surface area contributed by atoms with Crippen molar-refractivity contribution in [3.05, 3.63) is 114 Å². The van der Waals surface area contributed by atoms with Gasteiger partial charge in [-0.3, -0.25) is 0 Å². The molecule has 0 bridgehead atoms. The maximum atomic E-state index is 9.09. The highest BCUT2D eigenvalue weighted by Gasteiger charge is 2.38. The van der Waals surface area contributed by atoms with Crippen LogP contribution in [0.15, 0.2) is 103 Å². The van der Waals surface area contributed by atoms with E-state index >= 15 is 0 Å². The number of aryl methyl sites for hydroxylation is 1. The molecule has 0 aliphatic heterocycles. The third-order valence-corrected chi connectivity index (χ3v) is 11.9. The molecule has 0 heterocycles. The van der Waals surface area contributed by atoms with Crippen molar-refractivity contribution in [3.8, 4) is 11.8 Å². The predicted molar refractivity (Wildman–Crippen MR) is 180 cm³/mol. The number of ether oxygens (including phenoxy) is 1. The van der Waals surface area contributed by atoms with Gasteiger partial charge in [-0.25, -0.2) is 0 Å². The molecule has 0 saturated heterocycles. The summed E-state index contributed by atoms with van der Waals surface area (Å²) in [5.41, 5.74) is 3.06. The average Bonchev–Trinajstić information content (AvgIpc) is 3.42. The van der Waals surface area contributed by atoms with Crippen LogP contribution in [0.5, 0.6) is 5.75 Å². The molecule has 0 spiro atoms. The summed E-state index contributed by atoms with van der Waals surface area (Å²) in [6.07, 6.45) is 8.50. The van der Waals surface area contributed by atoms with Gasteiger partial charge in [-0.05, 0) is 120 Å². The van der Waals surface area contributed by atoms with Crippen molar-refractivity contribution in [2.75, 3.05) is 13.3 Å². The molecule has 5 aromatic carbocycles. The van der Waals surface area contributed by atoms with Crippen molar-refractivity contribution in [2.45, 2.75) is 57.8 Å². The van der Waals surface area contributed by atoms with E-state index < -0.39 is 7.92 Å². The van der Waals surface area contributed by atoms with Crippen LogP contribution in [0, 0.1) is 16.7 Å². The van der Waals surface area contributed by atoms with Gasteiger partial charge in [0.05, 0.1) is 13.2 Å². The van der Waals surface area contributed by atoms with E-state index in [-0.39, 0.29) is 0 Å². The molecule has 6 rings (SSSR count). The van der Waals surface area contributed by atoms with E-state index in [2.05, 4.69) is 116 Å². The molecule has 0 amide bonds. The van der Waals surface area contributed by atoms with Crippen molar-refractivity contribution in [1.29, 1.82) is 5.26 Å². The summed E-state index contributed by atoms with van der Waals surface area (Å²) in [5, 5.41) is 17.3. The number of rotatable bonds is 10. The van der Waals surface area contributed by atoms with Gasteiger partial charge in [0, 0.05) is 12.0 Å². The van der Waals surface area contributed by atoms with E-state index in [1.165, 1.54) is 75.1 Å². The highest BCUT2D eigenvalue weighted by Crippen LogP contribution is 2.53. The van der Waals surface area contributed by atoms with Gasteiger partial charge >= 0.3 is 0 Å². The van der Waals surface area contributed by atoms with Gasteiger partial charge in [0.2, 0.25) is 0 Å². The Morgan fingerprint density at radius 1 is 0.833 bits per heavy atom. The number of unbranched alkanes of at least 4 members (excludes halogenated alkanes) is 1. The van der Waals surface area contributed by atoms with Gasteiger partial charge in [-0.2, -0.15) is 5.26 Å². The molecule has 2 atom stereocenters. The molecular formula is C39H40NOP. The lowest BCUT2D eigenvalue weighted by Gasteiger charge is -2.29. The largest absolute Gasteiger partial charge is 0.496 e. The van der Waals surface area contributed by atoms with Crippen LogP contribution >= 0.6 is 7.92 Å². The quantitative estimate of drug-likeness (QED) is 0.124. The lowest BCUT2D eigenvalue weighted by molar-refractivity contribution is 0.319. The van der Waals surface area contributed by atoms with Gasteiger partial charge in [0.15, 0.2) is 0 Å². The summed E-state index contributed by atoms with van der Waals surface area (Å²) in [5.74, 6) is 1.53. The van der Waals surface area contributed by atoms with Crippen LogP contribution in [0.2, 0.25) is 0 Å². The zero-order chi connectivity index (χ0) is 28.9. The first-order valence-corrected chi connectivity index (χ1v) is 16.9. The first-order chi connectivity index (χ1) is 20.6. The highest BCUT2D eigenvalue weighted by atomic mass is 31.1. The van der Waals surface area contributed by atoms with Crippen LogP contribution in [0.3, 0.4) is 0 Å². The molecule has 1 saturated carbocycles. The third kappa shape index (κ3) is 6.09. The normalized spacial score (nSPS) is 18.5. The second kappa shape index (κ2) is 12.7. The molecular weight excluding hydrogens is 529 g/mol. The van der Waals surface area contributed by atoms with Crippen LogP contribution in [0.25, 0.3) is 21.5 Å². The molecule has 1 fully saturated rings. The van der Waals surface area contributed by atoms with Crippen LogP contribution in [-0.2, 0) is 6.42 Å². The van der Waals surface area contributed by atoms with E-state index in [1.54, 1.807) is 7.11 Å². The van der Waals surface area contributed by atoms with Crippen LogP contribution in [0.4, 0.5) is 0 Å². The standard InChI is InChI=1S/C39H40NOP/c1-39(22-21-34(28-39)38-31(12-7-8-24-40)15-9-16-37(38)41-2)23-25-42(35-19-17-29-10-3-5-13-32(29)26-35)36-20-18-30-11-4-6-14-33(30)27-36/h3-6,9-11,13-20,26-27,34H,7-8,12,21-23,25,28H2,1-2H3. The Morgan fingerprint density at radius 3 is 2.10 bits per heavy atom. The molecule has 2 nitrogen and oxygen atoms in total. The van der Waals surface area contributed by atoms with E-state index in [0.29, 0.717) is 17.8 Å². The molecule has 1 aliphatic rings. The number of hydrogen-bond acceptors (Lipinski definition) is 2. The minimum absolute atomic E-state index is 0.295. The van der Waals surface area contributed by atoms with Gasteiger partial charge in [-0.15, -0.1) is 0 Å². The van der Waals surface area contributed by atoms with Crippen molar-refractivity contribution >= 4 is 40.1 Å². The van der Waals surface area contributed by atoms with Gasteiger partial charge in [-0.1, -0.05) is 91.9 Å². The topological polar surface area (TPSA) is 33.0 Å². The summed E-state index contributed by atoms with van der Waals surface area (Å²) >= 11 is 0. The number of methoxy groups -OCH3 is 1. The number of fused-ring (bicyclic) bond motifs is 2. The summed E-state index contributed by atoms with van der Waals surface area (Å²) < 4.78 is 5.90. The van der Waals surface area contributed by atoms with E-state index in [9.17, 15) is 0 Å². The number of hydrogen-bond donors (Lipinski definition) is 0. The zero-order valence-electron chi connectivity index (χ0n) is 24.9. The van der Waals surface area contributed by atoms with Crippen LogP contribution < -0.4 is 15.3 Å². The molecule has 2 unspecified atom stereocenters. The van der Waals surface area contributed by atoms with E-state index in [1.807, 2.05) is 0 Å². The van der Waals surface area contributed by atoms with Gasteiger partial charge < -0.3 is 4.74 Å². The Bertz CT molecular complexity index is 1660. The van der Waals surface area contributed by atoms with Crippen molar-refractivity contribution in [3.63, 3.8) is 0 Å². The molecule has 5 aromatic rings. The number of benzene rings is 5. The summed E-state index contributed by atoms with van der Waals surface area (Å²) in [4.78, 5) is 0. The van der Waals surface area contributed by atoms with E-state index in [4.69, 9.17) is 10.00 Å². The molecule has 3 heteroatoms. The van der Waals surface area contributed by atoms with Gasteiger partial charge in [0.25, 0.3) is 0 Å². The monoisotopic (exact) mass is 569 g/mol. The van der Waals surface area contributed by atoms with Crippen molar-refractivity contribution in [1.82, 2.24) is 0 Å². The van der Waals surface area contributed by atoms with Crippen molar-refractivity contribution < 1.29 is 4.74 Å². The molecule has 1 aliphatic carbocycles. The zero-order valence-corrected chi connectivity index (χ0v) is 25.7. The fraction of sp³-hybridized carbons (Fsp3) is 0.308. The van der Waals surface area contributed by atoms with E-state index in [0.717, 1.165) is 18.6 Å². The first kappa shape index (κ1) is 28.5. The van der Waals surface area contributed by atoms with Crippen LogP contribution in [-0.4, -0.2) is 13.3 Å². The summed E-state index contributed by atoms with van der Waals surface area (Å²) in [6.45, 7) is 2.52. The van der Waals surface area contributed by atoms with Crippen LogP contribution in [0.1, 0.15) is 62.5 Å². The second-order valence-electron chi connectivity index (χ2n) is 12.3. The Kier molecular flexibility index (Phi) is 8.60. The van der Waals surface area contributed by atoms with Gasteiger partial charge in [0.1, 0.15) is 5.75 Å². The Hall–Kier alpha value is -3.66. The lowest BCUT2D eigenvalue weighted by atomic mass is 9.82. The number of nitrogens with zero attached hydrogens (tertiary/aromatic N) is 1. The Labute approximate surface area is 252 Å².